The third-order valence-corrected chi connectivity index (χ3v) is 10.2. The van der Waals surface area contributed by atoms with Gasteiger partial charge in [0.25, 0.3) is 17.7 Å². The van der Waals surface area contributed by atoms with Crippen molar-refractivity contribution in [2.45, 2.75) is 63.5 Å². The van der Waals surface area contributed by atoms with Crippen LogP contribution in [0.2, 0.25) is 0 Å². The first-order valence-corrected chi connectivity index (χ1v) is 18.1. The number of nitrogens with one attached hydrogen (secondary N) is 1. The monoisotopic (exact) mass is 783 g/mol. The number of hydrogen-bond donors (Lipinski definition) is 1. The zero-order chi connectivity index (χ0) is 39.3. The van der Waals surface area contributed by atoms with Gasteiger partial charge in [-0.15, -0.1) is 11.3 Å². The molecule has 2 aromatic heterocycles. The normalized spacial score (nSPS) is 19.3. The van der Waals surface area contributed by atoms with E-state index < -0.39 is 57.7 Å². The summed E-state index contributed by atoms with van der Waals surface area (Å²) in [5.41, 5.74) is -3.23. The van der Waals surface area contributed by atoms with Crippen LogP contribution in [0.5, 0.6) is 11.5 Å². The summed E-state index contributed by atoms with van der Waals surface area (Å²) in [6, 6.07) is 7.25. The third kappa shape index (κ3) is 9.07. The first kappa shape index (κ1) is 40.3. The number of para-hydroxylation sites is 2. The van der Waals surface area contributed by atoms with E-state index in [-0.39, 0.29) is 76.7 Å². The molecule has 2 aliphatic heterocycles. The van der Waals surface area contributed by atoms with Crippen molar-refractivity contribution in [3.63, 3.8) is 0 Å². The fourth-order valence-corrected chi connectivity index (χ4v) is 7.45. The number of amides is 3. The first-order valence-electron chi connectivity index (χ1n) is 17.2. The first-order chi connectivity index (χ1) is 25.5. The number of ether oxygens (including phenoxy) is 2. The standard InChI is InChI=1S/C36H39F6N5O6S/c1-3-7-29-34(53-24-18-30(54-22-24)36(40,41)42,11-6-13-47(29)32(50)25-20-43-12-10-26(25)35(37,38)39)33(51)46-16-14-45(15-17-46)27-8-4-5-9-28(27)52-21-31(49)44-19-23(2)48/h4-5,8-10,12,18,20,22,29H,3,6-7,11,13-17,19,21H2,1-2H3,(H,44,49)/t29-,34+/m1/s1. The van der Waals surface area contributed by atoms with E-state index in [0.29, 0.717) is 35.3 Å². The van der Waals surface area contributed by atoms with E-state index in [1.165, 1.54) is 16.7 Å². The maximum Gasteiger partial charge on any atom is 0.425 e. The molecule has 3 aromatic rings. The molecule has 292 valence electrons. The van der Waals surface area contributed by atoms with Crippen molar-refractivity contribution in [3.05, 3.63) is 70.2 Å². The predicted octanol–water partition coefficient (Wildman–Crippen LogP) is 5.84. The van der Waals surface area contributed by atoms with Gasteiger partial charge in [0.15, 0.2) is 6.61 Å². The van der Waals surface area contributed by atoms with Gasteiger partial charge in [-0.3, -0.25) is 24.2 Å². The van der Waals surface area contributed by atoms with E-state index in [2.05, 4.69) is 10.3 Å². The number of carbonyl (C=O) groups is 4. The summed E-state index contributed by atoms with van der Waals surface area (Å²) in [5, 5.41) is 3.58. The number of Topliss-reactive ketones (excluding diaryl/α,β-unsaturated/α-hetero) is 1. The fraction of sp³-hybridized carbons (Fsp3) is 0.472. The summed E-state index contributed by atoms with van der Waals surface area (Å²) < 4.78 is 95.1. The number of likely N-dealkylation sites (tertiary alicyclic amines) is 1. The molecule has 3 amide bonds. The Balaban J connectivity index is 1.44. The van der Waals surface area contributed by atoms with Crippen LogP contribution in [0.1, 0.15) is 60.3 Å². The average molecular weight is 784 g/mol. The SMILES string of the molecule is CCC[C@H]1N(C(=O)c2cnccc2C(F)(F)F)CCC[C@@]1(Oc1csc(C(F)(F)F)c1)C(=O)N1CCN(c2ccccc2OCC(=O)NCC(C)=O)CC1. The van der Waals surface area contributed by atoms with Crippen LogP contribution in [-0.4, -0.2) is 95.8 Å². The van der Waals surface area contributed by atoms with Gasteiger partial charge in [-0.25, -0.2) is 0 Å². The Morgan fingerprint density at radius 2 is 1.72 bits per heavy atom. The zero-order valence-corrected chi connectivity index (χ0v) is 30.3. The number of piperidine rings is 1. The number of nitrogens with zero attached hydrogens (tertiary/aromatic N) is 4. The Labute approximate surface area is 311 Å². The van der Waals surface area contributed by atoms with Gasteiger partial charge in [0.1, 0.15) is 22.2 Å². The minimum Gasteiger partial charge on any atom is -0.482 e. The topological polar surface area (TPSA) is 121 Å². The van der Waals surface area contributed by atoms with Gasteiger partial charge >= 0.3 is 12.4 Å². The van der Waals surface area contributed by atoms with Crippen LogP contribution in [0.4, 0.5) is 32.0 Å². The molecule has 0 saturated carbocycles. The molecule has 11 nitrogen and oxygen atoms in total. The Morgan fingerprint density at radius 3 is 2.37 bits per heavy atom. The third-order valence-electron chi connectivity index (χ3n) is 9.22. The van der Waals surface area contributed by atoms with Crippen LogP contribution in [-0.2, 0) is 26.7 Å². The molecule has 54 heavy (non-hydrogen) atoms. The summed E-state index contributed by atoms with van der Waals surface area (Å²) >= 11 is 0.376. The predicted molar refractivity (Wildman–Crippen MR) is 185 cm³/mol. The van der Waals surface area contributed by atoms with Gasteiger partial charge in [-0.1, -0.05) is 25.5 Å². The highest BCUT2D eigenvalue weighted by Gasteiger charge is 2.56. The summed E-state index contributed by atoms with van der Waals surface area (Å²) in [7, 11) is 0. The van der Waals surface area contributed by atoms with Crippen molar-refractivity contribution < 1.29 is 55.0 Å². The van der Waals surface area contributed by atoms with Gasteiger partial charge < -0.3 is 29.5 Å². The van der Waals surface area contributed by atoms with E-state index in [4.69, 9.17) is 9.47 Å². The number of hydrogen-bond acceptors (Lipinski definition) is 9. The molecule has 0 bridgehead atoms. The molecule has 2 aliphatic rings. The lowest BCUT2D eigenvalue weighted by Gasteiger charge is -2.50. The number of anilines is 1. The molecule has 1 N–H and O–H groups in total. The molecule has 0 aliphatic carbocycles. The van der Waals surface area contributed by atoms with Gasteiger partial charge in [-0.05, 0) is 38.0 Å². The maximum absolute atomic E-state index is 14.8. The van der Waals surface area contributed by atoms with E-state index in [1.807, 2.05) is 4.90 Å². The second-order valence-corrected chi connectivity index (χ2v) is 13.9. The molecule has 0 unspecified atom stereocenters. The summed E-state index contributed by atoms with van der Waals surface area (Å²) in [6.45, 7) is 3.35. The number of halogens is 6. The fourth-order valence-electron chi connectivity index (χ4n) is 6.78. The van der Waals surface area contributed by atoms with Crippen molar-refractivity contribution >= 4 is 40.5 Å². The highest BCUT2D eigenvalue weighted by atomic mass is 32.1. The number of aromatic nitrogens is 1. The number of thiophene rings is 1. The molecule has 4 heterocycles. The smallest absolute Gasteiger partial charge is 0.425 e. The van der Waals surface area contributed by atoms with Crippen molar-refractivity contribution in [1.82, 2.24) is 20.1 Å². The Kier molecular flexibility index (Phi) is 12.4. The molecule has 1 aromatic carbocycles. The minimum atomic E-state index is -4.89. The van der Waals surface area contributed by atoms with Gasteiger partial charge in [0.2, 0.25) is 5.60 Å². The van der Waals surface area contributed by atoms with Crippen LogP contribution in [0.15, 0.2) is 54.2 Å². The highest BCUT2D eigenvalue weighted by molar-refractivity contribution is 7.10. The second-order valence-electron chi connectivity index (χ2n) is 13.0. The summed E-state index contributed by atoms with van der Waals surface area (Å²) in [6.07, 6.45) is -7.28. The molecule has 5 rings (SSSR count). The average Bonchev–Trinajstić information content (AvgIpc) is 3.62. The molecule has 0 spiro atoms. The van der Waals surface area contributed by atoms with E-state index in [9.17, 15) is 45.5 Å². The lowest BCUT2D eigenvalue weighted by Crippen LogP contribution is -2.69. The van der Waals surface area contributed by atoms with E-state index in [0.717, 1.165) is 23.8 Å². The van der Waals surface area contributed by atoms with Crippen molar-refractivity contribution in [2.75, 3.05) is 50.8 Å². The van der Waals surface area contributed by atoms with E-state index in [1.54, 1.807) is 31.2 Å². The summed E-state index contributed by atoms with van der Waals surface area (Å²) in [5.74, 6) is -2.20. The lowest BCUT2D eigenvalue weighted by molar-refractivity contribution is -0.159. The van der Waals surface area contributed by atoms with Crippen molar-refractivity contribution in [2.24, 2.45) is 0 Å². The molecular weight excluding hydrogens is 744 g/mol. The largest absolute Gasteiger partial charge is 0.482 e. The van der Waals surface area contributed by atoms with Crippen LogP contribution in [0, 0.1) is 0 Å². The zero-order valence-electron chi connectivity index (χ0n) is 29.5. The molecule has 0 radical (unpaired) electrons. The number of benzene rings is 1. The molecule has 18 heteroatoms. The number of carbonyl (C=O) groups excluding carboxylic acids is 4. The molecule has 2 atom stereocenters. The van der Waals surface area contributed by atoms with Crippen LogP contribution < -0.4 is 19.7 Å². The van der Waals surface area contributed by atoms with Crippen LogP contribution >= 0.6 is 11.3 Å². The lowest BCUT2D eigenvalue weighted by atomic mass is 9.79. The number of ketones is 1. The Hall–Kier alpha value is -4.87. The number of piperazine rings is 1. The van der Waals surface area contributed by atoms with Gasteiger partial charge in [0, 0.05) is 63.0 Å². The minimum absolute atomic E-state index is 0.0147. The quantitative estimate of drug-likeness (QED) is 0.228. The Morgan fingerprint density at radius 1 is 1.00 bits per heavy atom. The van der Waals surface area contributed by atoms with Crippen LogP contribution in [0.3, 0.4) is 0 Å². The molecule has 2 saturated heterocycles. The molecule has 2 fully saturated rings. The van der Waals surface area contributed by atoms with Gasteiger partial charge in [-0.2, -0.15) is 26.3 Å². The molecular formula is C36H39F6N5O6S. The van der Waals surface area contributed by atoms with E-state index >= 15 is 0 Å². The number of rotatable bonds is 12. The second kappa shape index (κ2) is 16.7. The van der Waals surface area contributed by atoms with Gasteiger partial charge in [0.05, 0.1) is 29.4 Å². The van der Waals surface area contributed by atoms with Crippen LogP contribution in [0.25, 0.3) is 0 Å². The van der Waals surface area contributed by atoms with Crippen molar-refractivity contribution in [3.8, 4) is 11.5 Å². The maximum atomic E-state index is 14.8. The number of pyridine rings is 1. The summed E-state index contributed by atoms with van der Waals surface area (Å²) in [4.78, 5) is 59.6. The highest BCUT2D eigenvalue weighted by Crippen LogP contribution is 2.43. The number of alkyl halides is 6. The van der Waals surface area contributed by atoms with Crippen molar-refractivity contribution in [1.29, 1.82) is 0 Å². The Bertz CT molecular complexity index is 1830.